The number of rotatable bonds is 6. The fourth-order valence-corrected chi connectivity index (χ4v) is 5.32. The SMILES string of the molecule is C=C(O)Cn1c2ccccc2c2ccc(C)cc21.C=C1CCC2=C1CCC=C2CCCCC. The van der Waals surface area contributed by atoms with Crippen LogP contribution in [0.2, 0.25) is 0 Å². The van der Waals surface area contributed by atoms with E-state index in [4.69, 9.17) is 0 Å². The molecule has 0 amide bonds. The molecule has 5 rings (SSSR count). The van der Waals surface area contributed by atoms with Crippen molar-refractivity contribution in [2.24, 2.45) is 0 Å². The summed E-state index contributed by atoms with van der Waals surface area (Å²) in [4.78, 5) is 0. The number of para-hydroxylation sites is 1. The van der Waals surface area contributed by atoms with Crippen LogP contribution in [0, 0.1) is 6.92 Å². The maximum absolute atomic E-state index is 9.50. The summed E-state index contributed by atoms with van der Waals surface area (Å²) in [5.74, 6) is 0.180. The molecule has 0 fully saturated rings. The maximum Gasteiger partial charge on any atom is 0.105 e. The third kappa shape index (κ3) is 5.00. The van der Waals surface area contributed by atoms with Gasteiger partial charge >= 0.3 is 0 Å². The summed E-state index contributed by atoms with van der Waals surface area (Å²) >= 11 is 0. The van der Waals surface area contributed by atoms with Crippen molar-refractivity contribution in [3.8, 4) is 0 Å². The van der Waals surface area contributed by atoms with Gasteiger partial charge in [0.2, 0.25) is 0 Å². The fourth-order valence-electron chi connectivity index (χ4n) is 5.32. The van der Waals surface area contributed by atoms with Crippen LogP contribution in [0.15, 0.2) is 89.8 Å². The molecule has 1 N–H and O–H groups in total. The first-order chi connectivity index (χ1) is 16.0. The van der Waals surface area contributed by atoms with Gasteiger partial charge in [0.25, 0.3) is 0 Å². The quantitative estimate of drug-likeness (QED) is 0.301. The average molecular weight is 440 g/mol. The number of unbranched alkanes of at least 4 members (excludes halogenated alkanes) is 2. The summed E-state index contributed by atoms with van der Waals surface area (Å²) < 4.78 is 2.11. The number of allylic oxidation sites excluding steroid dienone is 6. The molecule has 1 aromatic heterocycles. The Bertz CT molecular complexity index is 1250. The standard InChI is InChI=1S/C16H15NO.C15H22/c1-11-7-8-14-13-5-3-4-6-15(13)17(10-12(2)18)16(14)9-11;1-3-4-5-7-13-8-6-9-14-12(2)10-11-15(13)14/h3-9,18H,2,10H2,1H3;8H,2-7,9-11H2,1H3. The number of hydrogen-bond donors (Lipinski definition) is 1. The van der Waals surface area contributed by atoms with Gasteiger partial charge in [-0.15, -0.1) is 0 Å². The lowest BCUT2D eigenvalue weighted by Gasteiger charge is -2.17. The highest BCUT2D eigenvalue weighted by Crippen LogP contribution is 2.41. The number of aliphatic hydroxyl groups is 1. The number of benzene rings is 2. The van der Waals surface area contributed by atoms with E-state index in [1.165, 1.54) is 73.3 Å². The van der Waals surface area contributed by atoms with E-state index in [0.29, 0.717) is 6.54 Å². The molecule has 0 aliphatic heterocycles. The largest absolute Gasteiger partial charge is 0.511 e. The molecule has 0 unspecified atom stereocenters. The monoisotopic (exact) mass is 439 g/mol. The minimum Gasteiger partial charge on any atom is -0.511 e. The second kappa shape index (κ2) is 10.3. The molecular weight excluding hydrogens is 402 g/mol. The first kappa shape index (κ1) is 23.2. The Morgan fingerprint density at radius 3 is 2.55 bits per heavy atom. The zero-order chi connectivity index (χ0) is 23.4. The molecule has 0 spiro atoms. The van der Waals surface area contributed by atoms with E-state index in [2.05, 4.69) is 68.0 Å². The molecular formula is C31H37NO. The van der Waals surface area contributed by atoms with E-state index in [0.717, 1.165) is 11.0 Å². The van der Waals surface area contributed by atoms with Crippen molar-refractivity contribution < 1.29 is 5.11 Å². The van der Waals surface area contributed by atoms with E-state index in [1.54, 1.807) is 16.7 Å². The molecule has 3 aromatic rings. The number of aliphatic hydroxyl groups excluding tert-OH is 1. The highest BCUT2D eigenvalue weighted by molar-refractivity contribution is 6.08. The van der Waals surface area contributed by atoms with E-state index in [1.807, 2.05) is 12.1 Å². The molecule has 0 saturated heterocycles. The van der Waals surface area contributed by atoms with Crippen LogP contribution < -0.4 is 0 Å². The second-order valence-electron chi connectivity index (χ2n) is 9.48. The molecule has 0 bridgehead atoms. The Kier molecular flexibility index (Phi) is 7.23. The van der Waals surface area contributed by atoms with Crippen molar-refractivity contribution in [3.63, 3.8) is 0 Å². The van der Waals surface area contributed by atoms with Crippen molar-refractivity contribution >= 4 is 21.8 Å². The first-order valence-electron chi connectivity index (χ1n) is 12.4. The number of aryl methyl sites for hydroxylation is 1. The minimum atomic E-state index is 0.180. The van der Waals surface area contributed by atoms with Crippen molar-refractivity contribution in [1.82, 2.24) is 4.57 Å². The highest BCUT2D eigenvalue weighted by atomic mass is 16.3. The van der Waals surface area contributed by atoms with Crippen molar-refractivity contribution in [2.45, 2.75) is 71.8 Å². The van der Waals surface area contributed by atoms with Gasteiger partial charge < -0.3 is 9.67 Å². The lowest BCUT2D eigenvalue weighted by molar-refractivity contribution is 0.383. The summed E-state index contributed by atoms with van der Waals surface area (Å²) in [6.45, 7) is 12.6. The molecule has 2 nitrogen and oxygen atoms in total. The first-order valence-corrected chi connectivity index (χ1v) is 12.4. The van der Waals surface area contributed by atoms with Crippen LogP contribution in [-0.2, 0) is 6.54 Å². The van der Waals surface area contributed by atoms with Crippen molar-refractivity contribution in [1.29, 1.82) is 0 Å². The maximum atomic E-state index is 9.50. The predicted molar refractivity (Wildman–Crippen MR) is 143 cm³/mol. The summed E-state index contributed by atoms with van der Waals surface area (Å²) in [7, 11) is 0. The van der Waals surface area contributed by atoms with Gasteiger partial charge in [0.1, 0.15) is 5.76 Å². The van der Waals surface area contributed by atoms with E-state index in [9.17, 15) is 5.11 Å². The third-order valence-corrected chi connectivity index (χ3v) is 6.96. The Labute approximate surface area is 198 Å². The van der Waals surface area contributed by atoms with Crippen LogP contribution in [-0.4, -0.2) is 9.67 Å². The van der Waals surface area contributed by atoms with Gasteiger partial charge in [-0.05, 0) is 79.9 Å². The molecule has 33 heavy (non-hydrogen) atoms. The highest BCUT2D eigenvalue weighted by Gasteiger charge is 2.22. The Morgan fingerprint density at radius 1 is 0.970 bits per heavy atom. The van der Waals surface area contributed by atoms with Crippen molar-refractivity contribution in [3.05, 3.63) is 95.3 Å². The normalized spacial score (nSPS) is 15.5. The number of aromatic nitrogens is 1. The van der Waals surface area contributed by atoms with E-state index >= 15 is 0 Å². The molecule has 2 heteroatoms. The number of nitrogens with zero attached hydrogens (tertiary/aromatic N) is 1. The minimum absolute atomic E-state index is 0.180. The van der Waals surface area contributed by atoms with Crippen LogP contribution in [0.5, 0.6) is 0 Å². The van der Waals surface area contributed by atoms with Gasteiger partial charge in [-0.3, -0.25) is 0 Å². The number of fused-ring (bicyclic) bond motifs is 3. The predicted octanol–water partition coefficient (Wildman–Crippen LogP) is 9.11. The van der Waals surface area contributed by atoms with Crippen LogP contribution >= 0.6 is 0 Å². The molecule has 2 aromatic carbocycles. The molecule has 2 aliphatic rings. The lowest BCUT2D eigenvalue weighted by Crippen LogP contribution is -1.99. The molecule has 2 aliphatic carbocycles. The van der Waals surface area contributed by atoms with Gasteiger partial charge in [-0.2, -0.15) is 0 Å². The van der Waals surface area contributed by atoms with Gasteiger partial charge in [-0.1, -0.05) is 74.9 Å². The summed E-state index contributed by atoms with van der Waals surface area (Å²) in [5, 5.41) is 11.9. The van der Waals surface area contributed by atoms with Gasteiger partial charge in [-0.25, -0.2) is 0 Å². The average Bonchev–Trinajstić information content (AvgIpc) is 3.33. The Morgan fingerprint density at radius 2 is 1.76 bits per heavy atom. The molecule has 0 radical (unpaired) electrons. The van der Waals surface area contributed by atoms with Gasteiger partial charge in [0.05, 0.1) is 6.54 Å². The van der Waals surface area contributed by atoms with Gasteiger partial charge in [0.15, 0.2) is 0 Å². The van der Waals surface area contributed by atoms with Gasteiger partial charge in [0, 0.05) is 21.8 Å². The summed E-state index contributed by atoms with van der Waals surface area (Å²) in [6, 6.07) is 14.7. The van der Waals surface area contributed by atoms with Crippen LogP contribution in [0.25, 0.3) is 21.8 Å². The Balaban J connectivity index is 0.000000160. The topological polar surface area (TPSA) is 25.2 Å². The molecule has 1 heterocycles. The molecule has 172 valence electrons. The summed E-state index contributed by atoms with van der Waals surface area (Å²) in [6.07, 6.45) is 12.8. The zero-order valence-corrected chi connectivity index (χ0v) is 20.3. The van der Waals surface area contributed by atoms with E-state index in [-0.39, 0.29) is 5.76 Å². The van der Waals surface area contributed by atoms with Crippen LogP contribution in [0.1, 0.15) is 63.9 Å². The zero-order valence-electron chi connectivity index (χ0n) is 20.3. The number of hydrogen-bond acceptors (Lipinski definition) is 1. The van der Waals surface area contributed by atoms with Crippen LogP contribution in [0.3, 0.4) is 0 Å². The fraction of sp³-hybridized carbons (Fsp3) is 0.355. The summed E-state index contributed by atoms with van der Waals surface area (Å²) in [5.41, 5.74) is 9.86. The molecule has 0 atom stereocenters. The smallest absolute Gasteiger partial charge is 0.105 e. The van der Waals surface area contributed by atoms with E-state index < -0.39 is 0 Å². The van der Waals surface area contributed by atoms with Crippen molar-refractivity contribution in [2.75, 3.05) is 0 Å². The lowest BCUT2D eigenvalue weighted by atomic mass is 9.89. The Hall–Kier alpha value is -3.00. The third-order valence-electron chi connectivity index (χ3n) is 6.96. The second-order valence-corrected chi connectivity index (χ2v) is 9.48. The van der Waals surface area contributed by atoms with Crippen LogP contribution in [0.4, 0.5) is 0 Å². The molecule has 0 saturated carbocycles.